The number of hydrogen-bond donors (Lipinski definition) is 1. The van der Waals surface area contributed by atoms with E-state index in [1.54, 1.807) is 30.3 Å². The summed E-state index contributed by atoms with van der Waals surface area (Å²) in [5, 5.41) is 3.19. The van der Waals surface area contributed by atoms with Crippen molar-refractivity contribution in [2.75, 3.05) is 32.6 Å². The highest BCUT2D eigenvalue weighted by atomic mass is 35.5. The molecule has 0 bridgehead atoms. The van der Waals surface area contributed by atoms with Crippen molar-refractivity contribution in [3.63, 3.8) is 0 Å². The maximum Gasteiger partial charge on any atom is 0.339 e. The molecule has 1 aliphatic heterocycles. The van der Waals surface area contributed by atoms with Gasteiger partial charge in [-0.2, -0.15) is 4.31 Å². The molecule has 166 valence electrons. The highest BCUT2D eigenvalue weighted by Crippen LogP contribution is 2.29. The van der Waals surface area contributed by atoms with Gasteiger partial charge in [-0.15, -0.1) is 0 Å². The van der Waals surface area contributed by atoms with Crippen LogP contribution in [0.3, 0.4) is 0 Å². The fraction of sp³-hybridized carbons (Fsp3) is 0.333. The van der Waals surface area contributed by atoms with Gasteiger partial charge in [0.1, 0.15) is 5.75 Å². The maximum absolute atomic E-state index is 13.1. The molecule has 1 aliphatic rings. The van der Waals surface area contributed by atoms with E-state index in [2.05, 4.69) is 5.32 Å². The number of piperidine rings is 1. The molecular formula is C21H23ClN2O6S. The van der Waals surface area contributed by atoms with Crippen molar-refractivity contribution in [1.29, 1.82) is 0 Å². The standard InChI is InChI=1S/C21H23ClN2O6S/c1-29-18-8-7-15(13-17(18)22)23-20(25)14-9-11-24(12-10-14)31(27,28)19-6-4-3-5-16(19)21(26)30-2/h3-8,13-14H,9-12H2,1-2H3,(H,23,25). The SMILES string of the molecule is COC(=O)c1ccccc1S(=O)(=O)N1CCC(C(=O)Nc2ccc(OC)c(Cl)c2)CC1. The van der Waals surface area contributed by atoms with Crippen LogP contribution >= 0.6 is 11.6 Å². The van der Waals surface area contributed by atoms with Gasteiger partial charge in [-0.05, 0) is 43.2 Å². The van der Waals surface area contributed by atoms with Gasteiger partial charge in [-0.1, -0.05) is 23.7 Å². The first-order valence-electron chi connectivity index (χ1n) is 9.60. The lowest BCUT2D eigenvalue weighted by Gasteiger charge is -2.31. The molecule has 1 N–H and O–H groups in total. The predicted molar refractivity (Wildman–Crippen MR) is 116 cm³/mol. The van der Waals surface area contributed by atoms with Crippen LogP contribution in [0.2, 0.25) is 5.02 Å². The Hall–Kier alpha value is -2.62. The molecule has 10 heteroatoms. The normalized spacial score (nSPS) is 15.3. The van der Waals surface area contributed by atoms with Crippen molar-refractivity contribution < 1.29 is 27.5 Å². The summed E-state index contributed by atoms with van der Waals surface area (Å²) >= 11 is 6.09. The molecule has 1 heterocycles. The maximum atomic E-state index is 13.1. The van der Waals surface area contributed by atoms with E-state index in [1.807, 2.05) is 0 Å². The quantitative estimate of drug-likeness (QED) is 0.656. The van der Waals surface area contributed by atoms with E-state index in [1.165, 1.54) is 30.7 Å². The number of nitrogens with zero attached hydrogens (tertiary/aromatic N) is 1. The van der Waals surface area contributed by atoms with Crippen molar-refractivity contribution >= 4 is 39.2 Å². The van der Waals surface area contributed by atoms with Crippen LogP contribution < -0.4 is 10.1 Å². The fourth-order valence-corrected chi connectivity index (χ4v) is 5.36. The molecule has 0 saturated carbocycles. The number of ether oxygens (including phenoxy) is 2. The van der Waals surface area contributed by atoms with Gasteiger partial charge in [-0.3, -0.25) is 4.79 Å². The number of carbonyl (C=O) groups excluding carboxylic acids is 2. The van der Waals surface area contributed by atoms with Crippen LogP contribution in [0.15, 0.2) is 47.4 Å². The predicted octanol–water partition coefficient (Wildman–Crippen LogP) is 3.17. The second kappa shape index (κ2) is 9.67. The van der Waals surface area contributed by atoms with E-state index in [0.29, 0.717) is 29.3 Å². The van der Waals surface area contributed by atoms with Crippen molar-refractivity contribution in [2.24, 2.45) is 5.92 Å². The summed E-state index contributed by atoms with van der Waals surface area (Å²) in [7, 11) is -1.19. The Balaban J connectivity index is 1.67. The Morgan fingerprint density at radius 1 is 1.10 bits per heavy atom. The first-order valence-corrected chi connectivity index (χ1v) is 11.4. The minimum atomic E-state index is -3.90. The first-order chi connectivity index (χ1) is 14.8. The van der Waals surface area contributed by atoms with E-state index in [0.717, 1.165) is 0 Å². The van der Waals surface area contributed by atoms with Crippen LogP contribution in [0.5, 0.6) is 5.75 Å². The molecule has 0 atom stereocenters. The zero-order valence-electron chi connectivity index (χ0n) is 17.1. The minimum Gasteiger partial charge on any atom is -0.495 e. The molecule has 2 aromatic rings. The van der Waals surface area contributed by atoms with Crippen molar-refractivity contribution in [2.45, 2.75) is 17.7 Å². The van der Waals surface area contributed by atoms with Crippen LogP contribution in [0.1, 0.15) is 23.2 Å². The van der Waals surface area contributed by atoms with Gasteiger partial charge < -0.3 is 14.8 Å². The third-order valence-corrected chi connectivity index (χ3v) is 7.41. The lowest BCUT2D eigenvalue weighted by molar-refractivity contribution is -0.120. The zero-order chi connectivity index (χ0) is 22.6. The molecule has 0 aliphatic carbocycles. The van der Waals surface area contributed by atoms with Gasteiger partial charge in [0.2, 0.25) is 15.9 Å². The number of anilines is 1. The summed E-state index contributed by atoms with van der Waals surface area (Å²) in [6.45, 7) is 0.332. The number of carbonyl (C=O) groups is 2. The Morgan fingerprint density at radius 2 is 1.77 bits per heavy atom. The minimum absolute atomic E-state index is 0.0127. The molecule has 31 heavy (non-hydrogen) atoms. The van der Waals surface area contributed by atoms with Gasteiger partial charge in [-0.25, -0.2) is 13.2 Å². The molecule has 0 spiro atoms. The number of sulfonamides is 1. The van der Waals surface area contributed by atoms with Gasteiger partial charge in [0.15, 0.2) is 0 Å². The lowest BCUT2D eigenvalue weighted by Crippen LogP contribution is -2.41. The van der Waals surface area contributed by atoms with Gasteiger partial charge >= 0.3 is 5.97 Å². The fourth-order valence-electron chi connectivity index (χ4n) is 3.46. The Kier molecular flexibility index (Phi) is 7.19. The molecule has 3 rings (SSSR count). The van der Waals surface area contributed by atoms with E-state index in [4.69, 9.17) is 21.1 Å². The molecule has 0 aromatic heterocycles. The Labute approximate surface area is 186 Å². The summed E-state index contributed by atoms with van der Waals surface area (Å²) in [4.78, 5) is 24.5. The second-order valence-corrected chi connectivity index (χ2v) is 9.32. The average Bonchev–Trinajstić information content (AvgIpc) is 2.78. The summed E-state index contributed by atoms with van der Waals surface area (Å²) in [6, 6.07) is 10.9. The molecule has 0 radical (unpaired) electrons. The smallest absolute Gasteiger partial charge is 0.339 e. The van der Waals surface area contributed by atoms with Crippen LogP contribution in [0.4, 0.5) is 5.69 Å². The lowest BCUT2D eigenvalue weighted by atomic mass is 9.97. The molecule has 1 saturated heterocycles. The molecule has 1 fully saturated rings. The van der Waals surface area contributed by atoms with Crippen molar-refractivity contribution in [3.8, 4) is 5.75 Å². The molecule has 2 aromatic carbocycles. The van der Waals surface area contributed by atoms with Crippen LogP contribution in [0.25, 0.3) is 0 Å². The van der Waals surface area contributed by atoms with Gasteiger partial charge in [0, 0.05) is 24.7 Å². The van der Waals surface area contributed by atoms with E-state index in [9.17, 15) is 18.0 Å². The third kappa shape index (κ3) is 5.00. The topological polar surface area (TPSA) is 102 Å². The largest absolute Gasteiger partial charge is 0.495 e. The summed E-state index contributed by atoms with van der Waals surface area (Å²) in [5.41, 5.74) is 0.527. The number of rotatable bonds is 6. The summed E-state index contributed by atoms with van der Waals surface area (Å²) in [5.74, 6) is -0.756. The number of hydrogen-bond acceptors (Lipinski definition) is 6. The third-order valence-electron chi connectivity index (χ3n) is 5.15. The van der Waals surface area contributed by atoms with Gasteiger partial charge in [0.25, 0.3) is 0 Å². The molecule has 1 amide bonds. The van der Waals surface area contributed by atoms with Crippen LogP contribution in [-0.4, -0.2) is 51.9 Å². The number of halogens is 1. The highest BCUT2D eigenvalue weighted by molar-refractivity contribution is 7.89. The van der Waals surface area contributed by atoms with Crippen LogP contribution in [-0.2, 0) is 19.6 Å². The first kappa shape index (κ1) is 23.1. The van der Waals surface area contributed by atoms with E-state index < -0.39 is 16.0 Å². The van der Waals surface area contributed by atoms with E-state index in [-0.39, 0.29) is 35.4 Å². The van der Waals surface area contributed by atoms with Crippen molar-refractivity contribution in [3.05, 3.63) is 53.1 Å². The monoisotopic (exact) mass is 466 g/mol. The highest BCUT2D eigenvalue weighted by Gasteiger charge is 2.34. The summed E-state index contributed by atoms with van der Waals surface area (Å²) < 4.78 is 37.3. The van der Waals surface area contributed by atoms with Gasteiger partial charge in [0.05, 0.1) is 29.7 Å². The van der Waals surface area contributed by atoms with Crippen molar-refractivity contribution in [1.82, 2.24) is 4.31 Å². The Morgan fingerprint density at radius 3 is 2.39 bits per heavy atom. The number of methoxy groups -OCH3 is 2. The van der Waals surface area contributed by atoms with E-state index >= 15 is 0 Å². The number of amides is 1. The number of nitrogens with one attached hydrogen (secondary N) is 1. The average molecular weight is 467 g/mol. The Bertz CT molecular complexity index is 1080. The molecule has 8 nitrogen and oxygen atoms in total. The number of benzene rings is 2. The zero-order valence-corrected chi connectivity index (χ0v) is 18.7. The summed E-state index contributed by atoms with van der Waals surface area (Å²) in [6.07, 6.45) is 0.713. The molecule has 0 unspecified atom stereocenters. The van der Waals surface area contributed by atoms with Crippen LogP contribution in [0, 0.1) is 5.92 Å². The number of esters is 1. The molecular weight excluding hydrogens is 444 g/mol. The second-order valence-electron chi connectivity index (χ2n) is 7.00.